The molecule has 1 unspecified atom stereocenters. The lowest BCUT2D eigenvalue weighted by atomic mass is 10.00. The van der Waals surface area contributed by atoms with Crippen molar-refractivity contribution < 1.29 is 4.42 Å². The van der Waals surface area contributed by atoms with Gasteiger partial charge in [-0.1, -0.05) is 31.2 Å². The second-order valence-corrected chi connectivity index (χ2v) is 4.59. The van der Waals surface area contributed by atoms with Crippen LogP contribution in [0.25, 0.3) is 0 Å². The summed E-state index contributed by atoms with van der Waals surface area (Å²) in [5.74, 6) is 1.03. The number of hydrogen-bond acceptors (Lipinski definition) is 2. The van der Waals surface area contributed by atoms with Crippen LogP contribution >= 0.6 is 0 Å². The number of rotatable bonds is 6. The molecular formula is C16H21NO. The largest absolute Gasteiger partial charge is 0.468 e. The van der Waals surface area contributed by atoms with Crippen LogP contribution in [0.4, 0.5) is 0 Å². The highest BCUT2D eigenvalue weighted by atomic mass is 16.3. The Balaban J connectivity index is 2.00. The molecule has 0 aliphatic heterocycles. The molecule has 2 nitrogen and oxygen atoms in total. The first-order valence-corrected chi connectivity index (χ1v) is 6.62. The monoisotopic (exact) mass is 243 g/mol. The van der Waals surface area contributed by atoms with Crippen LogP contribution in [-0.2, 0) is 6.42 Å². The first-order valence-electron chi connectivity index (χ1n) is 6.62. The third kappa shape index (κ3) is 3.23. The second kappa shape index (κ2) is 6.41. The Morgan fingerprint density at radius 3 is 2.67 bits per heavy atom. The van der Waals surface area contributed by atoms with Crippen molar-refractivity contribution in [2.45, 2.75) is 32.7 Å². The summed E-state index contributed by atoms with van der Waals surface area (Å²) in [5.41, 5.74) is 2.79. The van der Waals surface area contributed by atoms with Crippen LogP contribution in [0.2, 0.25) is 0 Å². The molecule has 1 N–H and O–H groups in total. The minimum atomic E-state index is 0.310. The van der Waals surface area contributed by atoms with Crippen molar-refractivity contribution >= 4 is 0 Å². The molecule has 18 heavy (non-hydrogen) atoms. The molecule has 0 radical (unpaired) electrons. The highest BCUT2D eigenvalue weighted by Crippen LogP contribution is 2.20. The van der Waals surface area contributed by atoms with Gasteiger partial charge < -0.3 is 9.73 Å². The number of furan rings is 1. The van der Waals surface area contributed by atoms with Gasteiger partial charge in [0.1, 0.15) is 5.76 Å². The van der Waals surface area contributed by atoms with Crippen molar-refractivity contribution in [2.75, 3.05) is 6.54 Å². The molecule has 0 fully saturated rings. The Labute approximate surface area is 109 Å². The molecule has 0 bridgehead atoms. The summed E-state index contributed by atoms with van der Waals surface area (Å²) in [6.45, 7) is 5.26. The average molecular weight is 243 g/mol. The fourth-order valence-corrected chi connectivity index (χ4v) is 2.27. The number of nitrogens with one attached hydrogen (secondary N) is 1. The fourth-order valence-electron chi connectivity index (χ4n) is 2.27. The summed E-state index contributed by atoms with van der Waals surface area (Å²) in [6, 6.07) is 12.9. The second-order valence-electron chi connectivity index (χ2n) is 4.59. The van der Waals surface area contributed by atoms with Gasteiger partial charge in [-0.2, -0.15) is 0 Å². The van der Waals surface area contributed by atoms with E-state index in [-0.39, 0.29) is 0 Å². The van der Waals surface area contributed by atoms with Gasteiger partial charge in [-0.25, -0.2) is 0 Å². The zero-order valence-electron chi connectivity index (χ0n) is 11.1. The summed E-state index contributed by atoms with van der Waals surface area (Å²) in [7, 11) is 0. The van der Waals surface area contributed by atoms with Gasteiger partial charge in [0.05, 0.1) is 12.3 Å². The standard InChI is InChI=1S/C16H21NO/c1-3-17-15(16-9-6-12-18-16)11-10-14-8-5-4-7-13(14)2/h4-9,12,15,17H,3,10-11H2,1-2H3. The summed E-state index contributed by atoms with van der Waals surface area (Å²) in [6.07, 6.45) is 3.88. The molecule has 2 heteroatoms. The lowest BCUT2D eigenvalue weighted by molar-refractivity contribution is 0.401. The van der Waals surface area contributed by atoms with Crippen molar-refractivity contribution in [3.05, 3.63) is 59.5 Å². The Hall–Kier alpha value is -1.54. The Morgan fingerprint density at radius 1 is 1.17 bits per heavy atom. The van der Waals surface area contributed by atoms with Crippen molar-refractivity contribution in [3.8, 4) is 0 Å². The van der Waals surface area contributed by atoms with Crippen LogP contribution in [-0.4, -0.2) is 6.54 Å². The average Bonchev–Trinajstić information content (AvgIpc) is 2.90. The highest BCUT2D eigenvalue weighted by molar-refractivity contribution is 5.25. The zero-order chi connectivity index (χ0) is 12.8. The SMILES string of the molecule is CCNC(CCc1ccccc1C)c1ccco1. The molecule has 2 aromatic rings. The Morgan fingerprint density at radius 2 is 2.00 bits per heavy atom. The van der Waals surface area contributed by atoms with Crippen LogP contribution in [0.5, 0.6) is 0 Å². The van der Waals surface area contributed by atoms with Gasteiger partial charge in [-0.3, -0.25) is 0 Å². The van der Waals surface area contributed by atoms with Crippen molar-refractivity contribution in [1.82, 2.24) is 5.32 Å². The van der Waals surface area contributed by atoms with E-state index in [0.29, 0.717) is 6.04 Å². The van der Waals surface area contributed by atoms with Gasteiger partial charge in [0, 0.05) is 0 Å². The van der Waals surface area contributed by atoms with Gasteiger partial charge in [0.25, 0.3) is 0 Å². The first-order chi connectivity index (χ1) is 8.81. The number of aryl methyl sites for hydroxylation is 2. The van der Waals surface area contributed by atoms with E-state index in [1.807, 2.05) is 12.1 Å². The van der Waals surface area contributed by atoms with E-state index in [2.05, 4.69) is 43.4 Å². The maximum atomic E-state index is 5.50. The van der Waals surface area contributed by atoms with Gasteiger partial charge in [-0.15, -0.1) is 0 Å². The minimum absolute atomic E-state index is 0.310. The van der Waals surface area contributed by atoms with Gasteiger partial charge in [-0.05, 0) is 49.6 Å². The molecule has 2 rings (SSSR count). The fraction of sp³-hybridized carbons (Fsp3) is 0.375. The Kier molecular flexibility index (Phi) is 4.59. The quantitative estimate of drug-likeness (QED) is 0.833. The lowest BCUT2D eigenvalue weighted by Crippen LogP contribution is -2.21. The normalized spacial score (nSPS) is 12.6. The third-order valence-corrected chi connectivity index (χ3v) is 3.30. The zero-order valence-corrected chi connectivity index (χ0v) is 11.1. The van der Waals surface area contributed by atoms with Crippen LogP contribution in [0.15, 0.2) is 47.1 Å². The predicted molar refractivity (Wildman–Crippen MR) is 74.6 cm³/mol. The van der Waals surface area contributed by atoms with Gasteiger partial charge in [0.15, 0.2) is 0 Å². The molecule has 1 atom stereocenters. The topological polar surface area (TPSA) is 25.2 Å². The van der Waals surface area contributed by atoms with E-state index in [4.69, 9.17) is 4.42 Å². The summed E-state index contributed by atoms with van der Waals surface area (Å²) >= 11 is 0. The third-order valence-electron chi connectivity index (χ3n) is 3.30. The maximum Gasteiger partial charge on any atom is 0.120 e. The molecule has 96 valence electrons. The van der Waals surface area contributed by atoms with Crippen molar-refractivity contribution in [3.63, 3.8) is 0 Å². The van der Waals surface area contributed by atoms with Crippen LogP contribution in [0.3, 0.4) is 0 Å². The van der Waals surface area contributed by atoms with Crippen LogP contribution in [0, 0.1) is 6.92 Å². The number of benzene rings is 1. The molecule has 0 saturated carbocycles. The molecule has 1 aromatic heterocycles. The van der Waals surface area contributed by atoms with Gasteiger partial charge >= 0.3 is 0 Å². The van der Waals surface area contributed by atoms with Crippen molar-refractivity contribution in [1.29, 1.82) is 0 Å². The summed E-state index contributed by atoms with van der Waals surface area (Å²) in [4.78, 5) is 0. The maximum absolute atomic E-state index is 5.50. The van der Waals surface area contributed by atoms with E-state index in [9.17, 15) is 0 Å². The van der Waals surface area contributed by atoms with Gasteiger partial charge in [0.2, 0.25) is 0 Å². The summed E-state index contributed by atoms with van der Waals surface area (Å²) < 4.78 is 5.50. The van der Waals surface area contributed by atoms with E-state index in [1.54, 1.807) is 6.26 Å². The molecule has 1 aromatic carbocycles. The molecule has 0 saturated heterocycles. The molecular weight excluding hydrogens is 222 g/mol. The minimum Gasteiger partial charge on any atom is -0.468 e. The van der Waals surface area contributed by atoms with E-state index < -0.39 is 0 Å². The molecule has 1 heterocycles. The number of hydrogen-bond donors (Lipinski definition) is 1. The lowest BCUT2D eigenvalue weighted by Gasteiger charge is -2.16. The van der Waals surface area contributed by atoms with E-state index in [1.165, 1.54) is 11.1 Å². The van der Waals surface area contributed by atoms with Crippen molar-refractivity contribution in [2.24, 2.45) is 0 Å². The van der Waals surface area contributed by atoms with Crippen LogP contribution in [0.1, 0.15) is 36.3 Å². The molecule has 0 spiro atoms. The summed E-state index contributed by atoms with van der Waals surface area (Å²) in [5, 5.41) is 3.48. The Bertz CT molecular complexity index is 462. The first kappa shape index (κ1) is 12.9. The van der Waals surface area contributed by atoms with E-state index in [0.717, 1.165) is 25.1 Å². The van der Waals surface area contributed by atoms with Crippen LogP contribution < -0.4 is 5.32 Å². The highest BCUT2D eigenvalue weighted by Gasteiger charge is 2.13. The van der Waals surface area contributed by atoms with E-state index >= 15 is 0 Å². The molecule has 0 aliphatic carbocycles. The molecule has 0 aliphatic rings. The molecule has 0 amide bonds. The predicted octanol–water partition coefficient (Wildman–Crippen LogP) is 3.87. The smallest absolute Gasteiger partial charge is 0.120 e.